The number of benzene rings is 11. The van der Waals surface area contributed by atoms with Crippen molar-refractivity contribution in [2.45, 2.75) is 5.41 Å². The zero-order chi connectivity index (χ0) is 45.7. The van der Waals surface area contributed by atoms with E-state index >= 15 is 0 Å². The zero-order valence-corrected chi connectivity index (χ0v) is 37.8. The highest BCUT2D eigenvalue weighted by Crippen LogP contribution is 2.57. The minimum absolute atomic E-state index is 0.554. The minimum Gasteiger partial charge on any atom is -0.455 e. The molecule has 0 saturated heterocycles. The summed E-state index contributed by atoms with van der Waals surface area (Å²) in [5.74, 6) is 0. The number of furan rings is 1. The molecule has 0 bridgehead atoms. The fourth-order valence-corrected chi connectivity index (χ4v) is 10.9. The Kier molecular flexibility index (Phi) is 9.77. The quantitative estimate of drug-likeness (QED) is 0.144. The standard InChI is InChI=1S/C67H45NO/c1-4-15-46(16-5-1)48-29-38-55(39-30-48)68(56-40-31-49(32-41-56)47-17-6-2-7-18-47)57-42-33-50(34-43-57)52-35-44-60-59-21-10-12-25-63(59)67(64(60)45-52,53-19-8-3-9-20-53)54-36-27-51(28-37-54)58-23-14-24-62-61-22-11-13-26-65(61)69-66(58)62/h1-45H. The molecule has 0 saturated carbocycles. The molecular weight excluding hydrogens is 835 g/mol. The SMILES string of the molecule is c1ccc(-c2ccc(N(c3ccc(-c4ccccc4)cc3)c3ccc(-c4ccc5c(c4)C(c4ccccc4)(c4ccc(-c6cccc7c6oc6ccccc67)cc4)c4ccccc4-5)cc3)cc2)cc1. The first-order valence-electron chi connectivity index (χ1n) is 23.7. The molecule has 0 radical (unpaired) electrons. The maximum absolute atomic E-state index is 6.51. The van der Waals surface area contributed by atoms with Gasteiger partial charge in [0.1, 0.15) is 11.2 Å². The van der Waals surface area contributed by atoms with Crippen LogP contribution in [0.4, 0.5) is 17.1 Å². The molecule has 1 unspecified atom stereocenters. The van der Waals surface area contributed by atoms with Crippen LogP contribution in [-0.2, 0) is 5.41 Å². The van der Waals surface area contributed by atoms with E-state index in [2.05, 4.69) is 272 Å². The molecule has 2 nitrogen and oxygen atoms in total. The van der Waals surface area contributed by atoms with Gasteiger partial charge in [0, 0.05) is 33.4 Å². The third-order valence-corrected chi connectivity index (χ3v) is 14.2. The lowest BCUT2D eigenvalue weighted by Crippen LogP contribution is -2.28. The van der Waals surface area contributed by atoms with Crippen molar-refractivity contribution in [2.75, 3.05) is 4.90 Å². The molecule has 1 aliphatic rings. The molecule has 324 valence electrons. The van der Waals surface area contributed by atoms with E-state index in [1.807, 2.05) is 6.07 Å². The fraction of sp³-hybridized carbons (Fsp3) is 0.0149. The second kappa shape index (κ2) is 16.7. The van der Waals surface area contributed by atoms with E-state index in [0.717, 1.165) is 55.7 Å². The van der Waals surface area contributed by atoms with Gasteiger partial charge in [-0.2, -0.15) is 0 Å². The monoisotopic (exact) mass is 879 g/mol. The summed E-state index contributed by atoms with van der Waals surface area (Å²) in [4.78, 5) is 2.35. The average Bonchev–Trinajstić information content (AvgIpc) is 3.96. The Labute approximate surface area is 402 Å². The predicted octanol–water partition coefficient (Wildman–Crippen LogP) is 18.1. The van der Waals surface area contributed by atoms with E-state index in [9.17, 15) is 0 Å². The van der Waals surface area contributed by atoms with Crippen LogP contribution in [0.3, 0.4) is 0 Å². The molecule has 0 spiro atoms. The summed E-state index contributed by atoms with van der Waals surface area (Å²) >= 11 is 0. The third-order valence-electron chi connectivity index (χ3n) is 14.2. The van der Waals surface area contributed by atoms with Gasteiger partial charge >= 0.3 is 0 Å². The maximum atomic E-state index is 6.51. The summed E-state index contributed by atoms with van der Waals surface area (Å²) in [5, 5.41) is 2.27. The van der Waals surface area contributed by atoms with Crippen molar-refractivity contribution in [2.24, 2.45) is 0 Å². The Morgan fingerprint density at radius 3 is 1.33 bits per heavy atom. The Balaban J connectivity index is 0.908. The van der Waals surface area contributed by atoms with Crippen molar-refractivity contribution >= 4 is 39.0 Å². The van der Waals surface area contributed by atoms with Gasteiger partial charge in [-0.3, -0.25) is 0 Å². The Bertz CT molecular complexity index is 3700. The topological polar surface area (TPSA) is 16.4 Å². The number of hydrogen-bond donors (Lipinski definition) is 0. The third kappa shape index (κ3) is 6.80. The molecule has 1 heterocycles. The minimum atomic E-state index is -0.554. The number of fused-ring (bicyclic) bond motifs is 6. The molecule has 1 aromatic heterocycles. The molecule has 0 N–H and O–H groups in total. The van der Waals surface area contributed by atoms with Gasteiger partial charge in [0.05, 0.1) is 5.41 Å². The number of para-hydroxylation sites is 2. The molecule has 0 aliphatic heterocycles. The van der Waals surface area contributed by atoms with E-state index in [4.69, 9.17) is 4.42 Å². The second-order valence-electron chi connectivity index (χ2n) is 18.0. The van der Waals surface area contributed by atoms with Crippen molar-refractivity contribution in [1.82, 2.24) is 0 Å². The van der Waals surface area contributed by atoms with Gasteiger partial charge in [-0.15, -0.1) is 0 Å². The first-order valence-corrected chi connectivity index (χ1v) is 23.7. The highest BCUT2D eigenvalue weighted by molar-refractivity contribution is 6.09. The molecule has 1 aliphatic carbocycles. The molecule has 12 aromatic rings. The van der Waals surface area contributed by atoms with Crippen LogP contribution >= 0.6 is 0 Å². The number of nitrogens with zero attached hydrogens (tertiary/aromatic N) is 1. The van der Waals surface area contributed by atoms with E-state index < -0.39 is 5.41 Å². The summed E-state index contributed by atoms with van der Waals surface area (Å²) in [6, 6.07) is 99.2. The Hall–Kier alpha value is -8.98. The van der Waals surface area contributed by atoms with Crippen LogP contribution in [0.15, 0.2) is 277 Å². The first-order chi connectivity index (χ1) is 34.2. The van der Waals surface area contributed by atoms with E-state index in [0.29, 0.717) is 0 Å². The van der Waals surface area contributed by atoms with Gasteiger partial charge in [-0.1, -0.05) is 224 Å². The lowest BCUT2D eigenvalue weighted by atomic mass is 9.67. The van der Waals surface area contributed by atoms with Crippen LogP contribution < -0.4 is 4.90 Å². The Morgan fingerprint density at radius 1 is 0.275 bits per heavy atom. The van der Waals surface area contributed by atoms with Gasteiger partial charge in [0.15, 0.2) is 0 Å². The van der Waals surface area contributed by atoms with Crippen molar-refractivity contribution in [3.63, 3.8) is 0 Å². The summed E-state index contributed by atoms with van der Waals surface area (Å²) in [7, 11) is 0. The average molecular weight is 880 g/mol. The van der Waals surface area contributed by atoms with Crippen LogP contribution in [0, 0.1) is 0 Å². The highest BCUT2D eigenvalue weighted by Gasteiger charge is 2.46. The smallest absolute Gasteiger partial charge is 0.143 e. The molecular formula is C67H45NO. The molecule has 1 atom stereocenters. The first kappa shape index (κ1) is 40.3. The van der Waals surface area contributed by atoms with E-state index in [-0.39, 0.29) is 0 Å². The largest absolute Gasteiger partial charge is 0.455 e. The van der Waals surface area contributed by atoms with Crippen LogP contribution in [0.5, 0.6) is 0 Å². The lowest BCUT2D eigenvalue weighted by Gasteiger charge is -2.34. The predicted molar refractivity (Wildman–Crippen MR) is 287 cm³/mol. The molecule has 0 amide bonds. The summed E-state index contributed by atoms with van der Waals surface area (Å²) < 4.78 is 6.51. The molecule has 13 rings (SSSR count). The summed E-state index contributed by atoms with van der Waals surface area (Å²) in [6.07, 6.45) is 0. The molecule has 11 aromatic carbocycles. The van der Waals surface area contributed by atoms with Gasteiger partial charge in [-0.25, -0.2) is 0 Å². The van der Waals surface area contributed by atoms with Crippen molar-refractivity contribution in [3.8, 4) is 55.6 Å². The van der Waals surface area contributed by atoms with E-state index in [1.54, 1.807) is 0 Å². The van der Waals surface area contributed by atoms with Crippen molar-refractivity contribution in [3.05, 3.63) is 295 Å². The summed E-state index contributed by atoms with van der Waals surface area (Å²) in [6.45, 7) is 0. The highest BCUT2D eigenvalue weighted by atomic mass is 16.3. The maximum Gasteiger partial charge on any atom is 0.143 e. The number of hydrogen-bond acceptors (Lipinski definition) is 2. The van der Waals surface area contributed by atoms with Crippen LogP contribution in [0.2, 0.25) is 0 Å². The van der Waals surface area contributed by atoms with E-state index in [1.165, 1.54) is 61.2 Å². The zero-order valence-electron chi connectivity index (χ0n) is 37.8. The van der Waals surface area contributed by atoms with Crippen molar-refractivity contribution < 1.29 is 4.42 Å². The molecule has 69 heavy (non-hydrogen) atoms. The lowest BCUT2D eigenvalue weighted by molar-refractivity contribution is 0.670. The number of anilines is 3. The van der Waals surface area contributed by atoms with Gasteiger partial charge in [0.2, 0.25) is 0 Å². The normalized spacial score (nSPS) is 13.9. The Morgan fingerprint density at radius 2 is 0.710 bits per heavy atom. The van der Waals surface area contributed by atoms with Crippen LogP contribution in [0.1, 0.15) is 22.3 Å². The van der Waals surface area contributed by atoms with Crippen LogP contribution in [-0.4, -0.2) is 0 Å². The van der Waals surface area contributed by atoms with Crippen molar-refractivity contribution in [1.29, 1.82) is 0 Å². The number of rotatable bonds is 9. The fourth-order valence-electron chi connectivity index (χ4n) is 10.9. The van der Waals surface area contributed by atoms with Gasteiger partial charge in [0.25, 0.3) is 0 Å². The summed E-state index contributed by atoms with van der Waals surface area (Å²) in [5.41, 5.74) is 21.4. The van der Waals surface area contributed by atoms with Gasteiger partial charge in [-0.05, 0) is 121 Å². The second-order valence-corrected chi connectivity index (χ2v) is 18.0. The van der Waals surface area contributed by atoms with Gasteiger partial charge < -0.3 is 9.32 Å². The molecule has 0 fully saturated rings. The molecule has 2 heteroatoms. The van der Waals surface area contributed by atoms with Crippen LogP contribution in [0.25, 0.3) is 77.6 Å².